The van der Waals surface area contributed by atoms with Crippen molar-refractivity contribution >= 4 is 62.2 Å². The summed E-state index contributed by atoms with van der Waals surface area (Å²) >= 11 is 2.78. The molecular weight excluding hydrogens is 729 g/mol. The zero-order valence-corrected chi connectivity index (χ0v) is 30.4. The van der Waals surface area contributed by atoms with Crippen LogP contribution in [0.15, 0.2) is 81.4 Å². The van der Waals surface area contributed by atoms with Gasteiger partial charge in [-0.3, -0.25) is 24.1 Å². The average molecular weight is 763 g/mol. The molecular formula is C36H34N4O9S3. The summed E-state index contributed by atoms with van der Waals surface area (Å²) in [6, 6.07) is 17.9. The topological polar surface area (TPSA) is 187 Å². The van der Waals surface area contributed by atoms with E-state index in [2.05, 4.69) is 10.3 Å². The highest BCUT2D eigenvalue weighted by Gasteiger charge is 2.69. The van der Waals surface area contributed by atoms with E-state index in [1.54, 1.807) is 49.2 Å². The standard InChI is InChI=1S/C36H34N4O9S3/c1-3-48-25-14-17(4-13-24(25)49-16-26(41)38-18-5-11-21(12-6-18)52(37,45)46)27-28-22-15-23(31(28)50-33-32(27)51-36(44)39-33)30-29(22)34(42)40(35(30)43)19-7-9-20(47-2)10-8-19/h4-14,22-23,27-31H,3,15-16H2,1-2H3,(H,38,41)(H,39,44)(H2,37,45,46)/t22-,23-,27+,28-,29+,30+,31-/m1/s1. The maximum atomic E-state index is 14.1. The number of imide groups is 1. The fraction of sp³-hybridized carbons (Fsp3) is 0.333. The number of carbonyl (C=O) groups is 3. The van der Waals surface area contributed by atoms with Gasteiger partial charge in [-0.1, -0.05) is 17.4 Å². The Balaban J connectivity index is 1.06. The number of rotatable bonds is 10. The first-order valence-corrected chi connectivity index (χ1v) is 19.9. The molecule has 0 radical (unpaired) electrons. The molecule has 3 aromatic carbocycles. The van der Waals surface area contributed by atoms with E-state index in [1.807, 2.05) is 19.1 Å². The first kappa shape index (κ1) is 34.4. The molecule has 1 aromatic heterocycles. The molecule has 16 heteroatoms. The Bertz CT molecular complexity index is 2250. The fourth-order valence-electron chi connectivity index (χ4n) is 8.55. The normalized spacial score (nSPS) is 25.8. The molecule has 1 saturated heterocycles. The number of ether oxygens (including phenoxy) is 3. The van der Waals surface area contributed by atoms with Crippen LogP contribution in [0, 0.1) is 29.6 Å². The van der Waals surface area contributed by atoms with Crippen LogP contribution in [-0.2, 0) is 24.4 Å². The number of benzene rings is 3. The van der Waals surface area contributed by atoms with Crippen LogP contribution in [0.25, 0.3) is 0 Å². The lowest BCUT2D eigenvalue weighted by atomic mass is 9.68. The zero-order chi connectivity index (χ0) is 36.5. The molecule has 2 saturated carbocycles. The number of aromatic nitrogens is 1. The number of methoxy groups -OCH3 is 1. The summed E-state index contributed by atoms with van der Waals surface area (Å²) in [5, 5.41) is 8.62. The number of nitrogens with two attached hydrogens (primary N) is 1. The monoisotopic (exact) mass is 762 g/mol. The zero-order valence-electron chi connectivity index (χ0n) is 27.9. The second kappa shape index (κ2) is 13.1. The van der Waals surface area contributed by atoms with Gasteiger partial charge in [-0.2, -0.15) is 0 Å². The molecule has 8 rings (SSSR count). The van der Waals surface area contributed by atoms with Crippen LogP contribution < -0.4 is 34.4 Å². The van der Waals surface area contributed by atoms with Gasteiger partial charge in [0.2, 0.25) is 21.8 Å². The van der Waals surface area contributed by atoms with E-state index in [4.69, 9.17) is 19.3 Å². The number of nitrogens with one attached hydrogen (secondary N) is 2. The smallest absolute Gasteiger partial charge is 0.305 e. The van der Waals surface area contributed by atoms with Crippen LogP contribution in [0.1, 0.15) is 29.7 Å². The molecule has 2 aliphatic heterocycles. The lowest BCUT2D eigenvalue weighted by Crippen LogP contribution is -2.42. The van der Waals surface area contributed by atoms with Crippen LogP contribution in [0.4, 0.5) is 11.4 Å². The van der Waals surface area contributed by atoms with E-state index in [0.29, 0.717) is 35.2 Å². The molecule has 2 bridgehead atoms. The van der Waals surface area contributed by atoms with Gasteiger partial charge in [0.05, 0.1) is 41.2 Å². The summed E-state index contributed by atoms with van der Waals surface area (Å²) in [7, 11) is -2.30. The Morgan fingerprint density at radius 3 is 2.35 bits per heavy atom. The minimum Gasteiger partial charge on any atom is -0.497 e. The molecule has 4 N–H and O–H groups in total. The number of H-pyrrole nitrogens is 1. The van der Waals surface area contributed by atoms with Crippen LogP contribution in [0.5, 0.6) is 17.2 Å². The summed E-state index contributed by atoms with van der Waals surface area (Å²) in [5.41, 5.74) is 1.79. The lowest BCUT2D eigenvalue weighted by molar-refractivity contribution is -0.123. The Hall–Kier alpha value is -4.64. The van der Waals surface area contributed by atoms with Crippen LogP contribution in [-0.4, -0.2) is 56.7 Å². The Labute approximate surface area is 306 Å². The highest BCUT2D eigenvalue weighted by Crippen LogP contribution is 2.68. The number of amides is 3. The number of aromatic amines is 1. The molecule has 4 aliphatic rings. The van der Waals surface area contributed by atoms with Crippen molar-refractivity contribution in [3.8, 4) is 17.2 Å². The Morgan fingerprint density at radius 2 is 1.67 bits per heavy atom. The molecule has 3 heterocycles. The summed E-state index contributed by atoms with van der Waals surface area (Å²) in [4.78, 5) is 58.6. The molecule has 0 unspecified atom stereocenters. The van der Waals surface area contributed by atoms with Gasteiger partial charge in [0.1, 0.15) is 5.75 Å². The number of fused-ring (bicyclic) bond motifs is 9. The van der Waals surface area contributed by atoms with E-state index in [0.717, 1.165) is 21.9 Å². The van der Waals surface area contributed by atoms with E-state index >= 15 is 0 Å². The van der Waals surface area contributed by atoms with Gasteiger partial charge in [-0.25, -0.2) is 13.6 Å². The second-order valence-electron chi connectivity index (χ2n) is 13.2. The van der Waals surface area contributed by atoms with E-state index in [9.17, 15) is 27.6 Å². The van der Waals surface area contributed by atoms with Crippen molar-refractivity contribution in [2.24, 2.45) is 34.7 Å². The van der Waals surface area contributed by atoms with E-state index in [-0.39, 0.29) is 57.1 Å². The maximum absolute atomic E-state index is 14.1. The highest BCUT2D eigenvalue weighted by molar-refractivity contribution is 8.00. The number of carbonyl (C=O) groups excluding carboxylic acids is 3. The molecule has 4 aromatic rings. The minimum atomic E-state index is -3.87. The average Bonchev–Trinajstić information content (AvgIpc) is 3.86. The number of thiazole rings is 1. The van der Waals surface area contributed by atoms with Crippen molar-refractivity contribution in [1.29, 1.82) is 0 Å². The summed E-state index contributed by atoms with van der Waals surface area (Å²) in [6.45, 7) is 1.81. The number of hydrogen-bond acceptors (Lipinski definition) is 11. The third-order valence-electron chi connectivity index (χ3n) is 10.5. The molecule has 3 amide bonds. The molecule has 52 heavy (non-hydrogen) atoms. The quantitative estimate of drug-likeness (QED) is 0.198. The predicted molar refractivity (Wildman–Crippen MR) is 194 cm³/mol. The Morgan fingerprint density at radius 1 is 0.962 bits per heavy atom. The van der Waals surface area contributed by atoms with Gasteiger partial charge in [0.25, 0.3) is 5.91 Å². The van der Waals surface area contributed by atoms with Crippen molar-refractivity contribution in [2.45, 2.75) is 34.4 Å². The summed E-state index contributed by atoms with van der Waals surface area (Å²) in [6.07, 6.45) is 0.751. The molecule has 7 atom stereocenters. The predicted octanol–water partition coefficient (Wildman–Crippen LogP) is 4.19. The highest BCUT2D eigenvalue weighted by atomic mass is 32.2. The van der Waals surface area contributed by atoms with Crippen LogP contribution >= 0.6 is 23.1 Å². The molecule has 13 nitrogen and oxygen atoms in total. The van der Waals surface area contributed by atoms with Crippen molar-refractivity contribution in [2.75, 3.05) is 30.5 Å². The number of hydrogen-bond donors (Lipinski definition) is 3. The second-order valence-corrected chi connectivity index (χ2v) is 17.0. The van der Waals surface area contributed by atoms with Crippen LogP contribution in [0.2, 0.25) is 0 Å². The van der Waals surface area contributed by atoms with Gasteiger partial charge in [0, 0.05) is 21.7 Å². The first-order valence-electron chi connectivity index (χ1n) is 16.7. The Kier molecular flexibility index (Phi) is 8.67. The molecule has 2 aliphatic carbocycles. The third kappa shape index (κ3) is 5.77. The number of thioether (sulfide) groups is 1. The largest absolute Gasteiger partial charge is 0.497 e. The number of primary sulfonamides is 1. The third-order valence-corrected chi connectivity index (χ3v) is 14.0. The summed E-state index contributed by atoms with van der Waals surface area (Å²) < 4.78 is 40.3. The number of nitrogens with zero attached hydrogens (tertiary/aromatic N) is 1. The molecule has 270 valence electrons. The van der Waals surface area contributed by atoms with Gasteiger partial charge in [-0.05, 0) is 97.3 Å². The van der Waals surface area contributed by atoms with Crippen LogP contribution in [0.3, 0.4) is 0 Å². The lowest BCUT2D eigenvalue weighted by Gasteiger charge is -2.43. The van der Waals surface area contributed by atoms with Gasteiger partial charge in [-0.15, -0.1) is 11.8 Å². The van der Waals surface area contributed by atoms with Gasteiger partial charge in [0.15, 0.2) is 18.1 Å². The van der Waals surface area contributed by atoms with Crippen molar-refractivity contribution in [3.05, 3.63) is 86.8 Å². The minimum absolute atomic E-state index is 0.00996. The van der Waals surface area contributed by atoms with Crippen molar-refractivity contribution in [3.63, 3.8) is 0 Å². The summed E-state index contributed by atoms with van der Waals surface area (Å²) in [5.74, 6) is -0.668. The molecule has 3 fully saturated rings. The SMILES string of the molecule is CCOc1cc([C@@H]2c3sc(=O)[nH]c3S[C@@H]3[C@@H]4C[C@@H]([C@@H]5C(=O)N(c6ccc(OC)cc6)C(=O)[C@@H]45)[C@H]23)ccc1OCC(=O)Nc1ccc(S(N)(=O)=O)cc1. The maximum Gasteiger partial charge on any atom is 0.305 e. The van der Waals surface area contributed by atoms with Crippen molar-refractivity contribution < 1.29 is 37.0 Å². The fourth-order valence-corrected chi connectivity index (χ4v) is 12.0. The van der Waals surface area contributed by atoms with Gasteiger partial charge < -0.3 is 24.5 Å². The van der Waals surface area contributed by atoms with Crippen molar-refractivity contribution in [1.82, 2.24) is 4.98 Å². The van der Waals surface area contributed by atoms with E-state index < -0.39 is 27.8 Å². The number of sulfonamides is 1. The van der Waals surface area contributed by atoms with E-state index in [1.165, 1.54) is 40.5 Å². The van der Waals surface area contributed by atoms with Gasteiger partial charge >= 0.3 is 4.87 Å². The number of anilines is 2. The molecule has 0 spiro atoms. The first-order chi connectivity index (χ1) is 25.0.